The molecule has 2 aromatic rings. The Morgan fingerprint density at radius 2 is 2.04 bits per heavy atom. The standard InChI is InChI=1S/C17H18FN3O4S2/c18-12-4-1-5-13(10-12)20-17(23)16(22)19-11-14-6-2-8-21(14)27(24,25)15-7-3-9-26-15/h1,3-5,7,9-10,14H,2,6,8,11H2,(H,19,22)(H,20,23)/t14-/m1/s1. The zero-order valence-corrected chi connectivity index (χ0v) is 15.9. The van der Waals surface area contributed by atoms with Crippen LogP contribution in [0.4, 0.5) is 10.1 Å². The summed E-state index contributed by atoms with van der Waals surface area (Å²) in [6, 6.07) is 7.98. The largest absolute Gasteiger partial charge is 0.346 e. The van der Waals surface area contributed by atoms with Crippen molar-refractivity contribution in [2.24, 2.45) is 0 Å². The number of nitrogens with one attached hydrogen (secondary N) is 2. The molecule has 2 heterocycles. The third kappa shape index (κ3) is 4.52. The summed E-state index contributed by atoms with van der Waals surface area (Å²) in [5.41, 5.74) is 0.165. The fourth-order valence-electron chi connectivity index (χ4n) is 2.90. The molecule has 1 aliphatic heterocycles. The van der Waals surface area contributed by atoms with Gasteiger partial charge in [-0.25, -0.2) is 12.8 Å². The average molecular weight is 411 g/mol. The third-order valence-corrected chi connectivity index (χ3v) is 7.49. The zero-order valence-electron chi connectivity index (χ0n) is 14.2. The molecule has 7 nitrogen and oxygen atoms in total. The van der Waals surface area contributed by atoms with E-state index in [4.69, 9.17) is 0 Å². The highest BCUT2D eigenvalue weighted by molar-refractivity contribution is 7.91. The maximum Gasteiger partial charge on any atom is 0.313 e. The molecule has 2 N–H and O–H groups in total. The first kappa shape index (κ1) is 19.5. The van der Waals surface area contributed by atoms with E-state index in [-0.39, 0.29) is 16.4 Å². The quantitative estimate of drug-likeness (QED) is 0.734. The number of rotatable bonds is 5. The predicted octanol–water partition coefficient (Wildman–Crippen LogP) is 1.80. The van der Waals surface area contributed by atoms with E-state index in [9.17, 15) is 22.4 Å². The Kier molecular flexibility index (Phi) is 5.88. The van der Waals surface area contributed by atoms with E-state index < -0.39 is 33.7 Å². The highest BCUT2D eigenvalue weighted by Crippen LogP contribution is 2.28. The minimum atomic E-state index is -3.61. The van der Waals surface area contributed by atoms with Gasteiger partial charge in [0.2, 0.25) is 0 Å². The minimum Gasteiger partial charge on any atom is -0.346 e. The van der Waals surface area contributed by atoms with Crippen molar-refractivity contribution in [1.29, 1.82) is 0 Å². The second-order valence-electron chi connectivity index (χ2n) is 6.02. The van der Waals surface area contributed by atoms with E-state index in [0.717, 1.165) is 17.4 Å². The SMILES string of the molecule is O=C(NC[C@H]1CCCN1S(=O)(=O)c1cccs1)C(=O)Nc1cccc(F)c1. The first-order chi connectivity index (χ1) is 12.9. The highest BCUT2D eigenvalue weighted by Gasteiger charge is 2.36. The number of carbonyl (C=O) groups is 2. The van der Waals surface area contributed by atoms with Crippen molar-refractivity contribution in [3.8, 4) is 0 Å². The van der Waals surface area contributed by atoms with Crippen LogP contribution in [-0.2, 0) is 19.6 Å². The number of hydrogen-bond acceptors (Lipinski definition) is 5. The Morgan fingerprint density at radius 1 is 1.22 bits per heavy atom. The van der Waals surface area contributed by atoms with Crippen LogP contribution in [0.1, 0.15) is 12.8 Å². The Balaban J connectivity index is 1.58. The van der Waals surface area contributed by atoms with Crippen LogP contribution in [0.25, 0.3) is 0 Å². The number of sulfonamides is 1. The summed E-state index contributed by atoms with van der Waals surface area (Å²) in [7, 11) is -3.61. The maximum absolute atomic E-state index is 13.1. The van der Waals surface area contributed by atoms with Crippen molar-refractivity contribution >= 4 is 38.9 Å². The smallest absolute Gasteiger partial charge is 0.313 e. The summed E-state index contributed by atoms with van der Waals surface area (Å²) in [5, 5.41) is 6.45. The number of nitrogens with zero attached hydrogens (tertiary/aromatic N) is 1. The fourth-order valence-corrected chi connectivity index (χ4v) is 5.71. The van der Waals surface area contributed by atoms with Crippen molar-refractivity contribution in [3.05, 3.63) is 47.6 Å². The lowest BCUT2D eigenvalue weighted by atomic mass is 10.2. The van der Waals surface area contributed by atoms with Crippen LogP contribution in [0.2, 0.25) is 0 Å². The number of amides is 2. The molecule has 10 heteroatoms. The molecule has 0 saturated carbocycles. The molecule has 1 aromatic heterocycles. The number of anilines is 1. The number of hydrogen-bond donors (Lipinski definition) is 2. The van der Waals surface area contributed by atoms with E-state index in [0.29, 0.717) is 19.4 Å². The molecule has 0 unspecified atom stereocenters. The summed E-state index contributed by atoms with van der Waals surface area (Å²) in [5.74, 6) is -2.38. The Hall–Kier alpha value is -2.30. The van der Waals surface area contributed by atoms with Crippen molar-refractivity contribution < 1.29 is 22.4 Å². The summed E-state index contributed by atoms with van der Waals surface area (Å²) in [4.78, 5) is 23.9. The Morgan fingerprint density at radius 3 is 2.74 bits per heavy atom. The lowest BCUT2D eigenvalue weighted by Gasteiger charge is -2.23. The van der Waals surface area contributed by atoms with E-state index in [1.165, 1.54) is 22.5 Å². The van der Waals surface area contributed by atoms with Gasteiger partial charge < -0.3 is 10.6 Å². The molecule has 0 aliphatic carbocycles. The zero-order chi connectivity index (χ0) is 19.4. The van der Waals surface area contributed by atoms with Crippen LogP contribution in [0.5, 0.6) is 0 Å². The predicted molar refractivity (Wildman–Crippen MR) is 99.3 cm³/mol. The van der Waals surface area contributed by atoms with Crippen LogP contribution < -0.4 is 10.6 Å². The van der Waals surface area contributed by atoms with Gasteiger partial charge in [0, 0.05) is 24.8 Å². The lowest BCUT2D eigenvalue weighted by Crippen LogP contribution is -2.45. The second kappa shape index (κ2) is 8.15. The van der Waals surface area contributed by atoms with Crippen LogP contribution >= 0.6 is 11.3 Å². The van der Waals surface area contributed by atoms with Gasteiger partial charge in [-0.1, -0.05) is 12.1 Å². The molecule has 1 aliphatic rings. The average Bonchev–Trinajstić information content (AvgIpc) is 3.31. The van der Waals surface area contributed by atoms with Crippen molar-refractivity contribution in [2.75, 3.05) is 18.4 Å². The van der Waals surface area contributed by atoms with Gasteiger partial charge in [0.1, 0.15) is 10.0 Å². The molecule has 1 aromatic carbocycles. The normalized spacial score (nSPS) is 17.6. The number of thiophene rings is 1. The van der Waals surface area contributed by atoms with Gasteiger partial charge in [0.05, 0.1) is 0 Å². The first-order valence-electron chi connectivity index (χ1n) is 8.28. The van der Waals surface area contributed by atoms with Crippen molar-refractivity contribution in [2.45, 2.75) is 23.1 Å². The molecule has 3 rings (SSSR count). The topological polar surface area (TPSA) is 95.6 Å². The highest BCUT2D eigenvalue weighted by atomic mass is 32.2. The summed E-state index contributed by atoms with van der Waals surface area (Å²) < 4.78 is 40.1. The van der Waals surface area contributed by atoms with Gasteiger partial charge in [-0.3, -0.25) is 9.59 Å². The molecule has 144 valence electrons. The van der Waals surface area contributed by atoms with Gasteiger partial charge in [0.25, 0.3) is 10.0 Å². The van der Waals surface area contributed by atoms with Crippen LogP contribution in [0.15, 0.2) is 46.0 Å². The van der Waals surface area contributed by atoms with Crippen molar-refractivity contribution in [1.82, 2.24) is 9.62 Å². The Labute approximate surface area is 160 Å². The molecule has 1 fully saturated rings. The Bertz CT molecular complexity index is 931. The lowest BCUT2D eigenvalue weighted by molar-refractivity contribution is -0.136. The summed E-state index contributed by atoms with van der Waals surface area (Å²) in [6.45, 7) is 0.399. The summed E-state index contributed by atoms with van der Waals surface area (Å²) in [6.07, 6.45) is 1.27. The van der Waals surface area contributed by atoms with Gasteiger partial charge in [-0.2, -0.15) is 4.31 Å². The van der Waals surface area contributed by atoms with Crippen LogP contribution in [-0.4, -0.2) is 43.7 Å². The minimum absolute atomic E-state index is 0.0278. The monoisotopic (exact) mass is 411 g/mol. The number of benzene rings is 1. The number of halogens is 1. The molecule has 0 spiro atoms. The fraction of sp³-hybridized carbons (Fsp3) is 0.294. The molecule has 1 atom stereocenters. The molecule has 1 saturated heterocycles. The molecule has 27 heavy (non-hydrogen) atoms. The number of carbonyl (C=O) groups excluding carboxylic acids is 2. The third-order valence-electron chi connectivity index (χ3n) is 4.17. The van der Waals surface area contributed by atoms with Gasteiger partial charge in [-0.05, 0) is 42.5 Å². The van der Waals surface area contributed by atoms with E-state index >= 15 is 0 Å². The second-order valence-corrected chi connectivity index (χ2v) is 9.08. The van der Waals surface area contributed by atoms with E-state index in [2.05, 4.69) is 10.6 Å². The maximum atomic E-state index is 13.1. The van der Waals surface area contributed by atoms with E-state index in [1.807, 2.05) is 0 Å². The summed E-state index contributed by atoms with van der Waals surface area (Å²) >= 11 is 1.14. The van der Waals surface area contributed by atoms with Crippen molar-refractivity contribution in [3.63, 3.8) is 0 Å². The molecule has 0 bridgehead atoms. The van der Waals surface area contributed by atoms with Gasteiger partial charge >= 0.3 is 11.8 Å². The van der Waals surface area contributed by atoms with Crippen LogP contribution in [0, 0.1) is 5.82 Å². The van der Waals surface area contributed by atoms with Gasteiger partial charge in [0.15, 0.2) is 0 Å². The molecular weight excluding hydrogens is 393 g/mol. The molecular formula is C17H18FN3O4S2. The molecule has 2 amide bonds. The molecule has 0 radical (unpaired) electrons. The first-order valence-corrected chi connectivity index (χ1v) is 10.6. The van der Waals surface area contributed by atoms with Gasteiger partial charge in [-0.15, -0.1) is 11.3 Å². The van der Waals surface area contributed by atoms with Crippen LogP contribution in [0.3, 0.4) is 0 Å². The van der Waals surface area contributed by atoms with E-state index in [1.54, 1.807) is 17.5 Å².